The predicted octanol–water partition coefficient (Wildman–Crippen LogP) is 2.19. The molecule has 1 N–H and O–H groups in total. The third kappa shape index (κ3) is 4.67. The molecule has 9 heteroatoms. The molecule has 1 aliphatic heterocycles. The number of rotatable bonds is 7. The Morgan fingerprint density at radius 3 is 3.04 bits per heavy atom. The zero-order chi connectivity index (χ0) is 19.4. The number of benzene rings is 1. The Kier molecular flexibility index (Phi) is 6.12. The second-order valence-electron chi connectivity index (χ2n) is 6.31. The molecule has 1 unspecified atom stereocenters. The van der Waals surface area contributed by atoms with Crippen molar-refractivity contribution in [3.05, 3.63) is 40.2 Å². The molecule has 2 aromatic rings. The van der Waals surface area contributed by atoms with Crippen LogP contribution >= 0.6 is 11.3 Å². The maximum atomic E-state index is 13.4. The van der Waals surface area contributed by atoms with Crippen molar-refractivity contribution < 1.29 is 18.7 Å². The lowest BCUT2D eigenvalue weighted by molar-refractivity contribution is -0.126. The minimum absolute atomic E-state index is 0.119. The van der Waals surface area contributed by atoms with Crippen LogP contribution in [0.15, 0.2) is 18.2 Å². The first-order valence-electron chi connectivity index (χ1n) is 8.71. The highest BCUT2D eigenvalue weighted by molar-refractivity contribution is 7.15. The van der Waals surface area contributed by atoms with E-state index in [0.717, 1.165) is 5.56 Å². The van der Waals surface area contributed by atoms with Gasteiger partial charge in [-0.15, -0.1) is 10.2 Å². The minimum Gasteiger partial charge on any atom is -0.374 e. The number of hydrogen-bond acceptors (Lipinski definition) is 6. The van der Waals surface area contributed by atoms with Crippen LogP contribution in [0.5, 0.6) is 0 Å². The van der Waals surface area contributed by atoms with E-state index in [4.69, 9.17) is 4.74 Å². The number of aromatic nitrogens is 2. The van der Waals surface area contributed by atoms with Crippen molar-refractivity contribution in [3.8, 4) is 0 Å². The lowest BCUT2D eigenvalue weighted by Crippen LogP contribution is -2.32. The molecule has 27 heavy (non-hydrogen) atoms. The van der Waals surface area contributed by atoms with Crippen molar-refractivity contribution >= 4 is 28.3 Å². The summed E-state index contributed by atoms with van der Waals surface area (Å²) in [7, 11) is 0. The Morgan fingerprint density at radius 2 is 2.26 bits per heavy atom. The third-order valence-corrected chi connectivity index (χ3v) is 5.30. The molecule has 1 fully saturated rings. The van der Waals surface area contributed by atoms with Crippen molar-refractivity contribution in [3.63, 3.8) is 0 Å². The van der Waals surface area contributed by atoms with Gasteiger partial charge in [-0.3, -0.25) is 14.5 Å². The Balaban J connectivity index is 1.58. The number of carbonyl (C=O) groups excluding carboxylic acids is 2. The summed E-state index contributed by atoms with van der Waals surface area (Å²) in [6, 6.07) is 4.46. The fourth-order valence-corrected chi connectivity index (χ4v) is 3.63. The first-order valence-corrected chi connectivity index (χ1v) is 9.52. The van der Waals surface area contributed by atoms with E-state index in [1.807, 2.05) is 13.8 Å². The van der Waals surface area contributed by atoms with E-state index in [-0.39, 0.29) is 37.1 Å². The van der Waals surface area contributed by atoms with Gasteiger partial charge in [-0.1, -0.05) is 17.4 Å². The monoisotopic (exact) mass is 392 g/mol. The largest absolute Gasteiger partial charge is 0.374 e. The second kappa shape index (κ2) is 8.53. The second-order valence-corrected chi connectivity index (χ2v) is 7.35. The van der Waals surface area contributed by atoms with E-state index in [0.29, 0.717) is 28.9 Å². The molecule has 1 atom stereocenters. The van der Waals surface area contributed by atoms with Crippen molar-refractivity contribution in [2.75, 3.05) is 18.1 Å². The number of halogens is 1. The number of anilines is 1. The predicted molar refractivity (Wildman–Crippen MR) is 98.7 cm³/mol. The quantitative estimate of drug-likeness (QED) is 0.781. The summed E-state index contributed by atoms with van der Waals surface area (Å²) in [6.07, 6.45) is 0.119. The van der Waals surface area contributed by atoms with Gasteiger partial charge >= 0.3 is 0 Å². The summed E-state index contributed by atoms with van der Waals surface area (Å²) in [5.74, 6) is -1.19. The molecule has 7 nitrogen and oxygen atoms in total. The zero-order valence-electron chi connectivity index (χ0n) is 15.2. The number of nitrogens with zero attached hydrogens (tertiary/aromatic N) is 3. The van der Waals surface area contributed by atoms with Gasteiger partial charge in [0.25, 0.3) is 0 Å². The maximum absolute atomic E-state index is 13.4. The topological polar surface area (TPSA) is 84.4 Å². The lowest BCUT2D eigenvalue weighted by atomic mass is 10.1. The van der Waals surface area contributed by atoms with Gasteiger partial charge in [0, 0.05) is 26.1 Å². The van der Waals surface area contributed by atoms with E-state index >= 15 is 0 Å². The molecule has 2 amide bonds. The van der Waals surface area contributed by atoms with Gasteiger partial charge < -0.3 is 10.1 Å². The first-order chi connectivity index (χ1) is 13.0. The van der Waals surface area contributed by atoms with Crippen LogP contribution in [0.3, 0.4) is 0 Å². The Labute approximate surface area is 160 Å². The molecule has 0 spiro atoms. The molecule has 3 rings (SSSR count). The van der Waals surface area contributed by atoms with E-state index in [2.05, 4.69) is 15.5 Å². The lowest BCUT2D eigenvalue weighted by Gasteiger charge is -2.13. The van der Waals surface area contributed by atoms with E-state index in [9.17, 15) is 14.0 Å². The minimum atomic E-state index is -0.467. The average molecular weight is 392 g/mol. The normalized spacial score (nSPS) is 16.8. The van der Waals surface area contributed by atoms with Crippen LogP contribution in [-0.2, 0) is 27.5 Å². The standard InChI is InChI=1S/C18H21FN4O3S/c1-3-26-10-15-21-22-18(27-15)23-9-13(7-16(23)24)17(25)20-8-12-6-14(19)5-4-11(12)2/h4-6,13H,3,7-10H2,1-2H3,(H,20,25). The Morgan fingerprint density at radius 1 is 1.44 bits per heavy atom. The maximum Gasteiger partial charge on any atom is 0.229 e. The van der Waals surface area contributed by atoms with Crippen LogP contribution in [0, 0.1) is 18.7 Å². The van der Waals surface area contributed by atoms with Crippen molar-refractivity contribution in [1.82, 2.24) is 15.5 Å². The van der Waals surface area contributed by atoms with E-state index < -0.39 is 5.92 Å². The number of carbonyl (C=O) groups is 2. The van der Waals surface area contributed by atoms with Crippen molar-refractivity contribution in [1.29, 1.82) is 0 Å². The zero-order valence-corrected chi connectivity index (χ0v) is 16.0. The van der Waals surface area contributed by atoms with Crippen LogP contribution in [-0.4, -0.2) is 35.2 Å². The number of amides is 2. The summed E-state index contributed by atoms with van der Waals surface area (Å²) in [4.78, 5) is 26.2. The number of hydrogen-bond donors (Lipinski definition) is 1. The fourth-order valence-electron chi connectivity index (χ4n) is 2.83. The summed E-state index contributed by atoms with van der Waals surface area (Å²) in [5.41, 5.74) is 1.62. The van der Waals surface area contributed by atoms with Gasteiger partial charge in [0.15, 0.2) is 0 Å². The molecule has 0 bridgehead atoms. The summed E-state index contributed by atoms with van der Waals surface area (Å²) in [6.45, 7) is 5.16. The SMILES string of the molecule is CCOCc1nnc(N2CC(C(=O)NCc3cc(F)ccc3C)CC2=O)s1. The van der Waals surface area contributed by atoms with Gasteiger partial charge in [0.1, 0.15) is 17.4 Å². The van der Waals surface area contributed by atoms with E-state index in [1.54, 1.807) is 6.07 Å². The molecule has 1 aliphatic rings. The van der Waals surface area contributed by atoms with Gasteiger partial charge in [0.05, 0.1) is 5.92 Å². The van der Waals surface area contributed by atoms with E-state index in [1.165, 1.54) is 28.4 Å². The van der Waals surface area contributed by atoms with Crippen LogP contribution < -0.4 is 10.2 Å². The number of nitrogens with one attached hydrogen (secondary N) is 1. The first kappa shape index (κ1) is 19.4. The van der Waals surface area contributed by atoms with Gasteiger partial charge in [-0.2, -0.15) is 0 Å². The average Bonchev–Trinajstić information content (AvgIpc) is 3.26. The molecular formula is C18H21FN4O3S. The highest BCUT2D eigenvalue weighted by Crippen LogP contribution is 2.28. The fraction of sp³-hybridized carbons (Fsp3) is 0.444. The molecule has 0 saturated carbocycles. The summed E-state index contributed by atoms with van der Waals surface area (Å²) >= 11 is 1.29. The molecule has 144 valence electrons. The molecule has 1 aromatic heterocycles. The Bertz CT molecular complexity index is 842. The van der Waals surface area contributed by atoms with Gasteiger partial charge in [-0.25, -0.2) is 4.39 Å². The molecule has 1 aromatic carbocycles. The summed E-state index contributed by atoms with van der Waals surface area (Å²) < 4.78 is 18.6. The molecule has 0 aliphatic carbocycles. The molecule has 2 heterocycles. The van der Waals surface area contributed by atoms with Crippen molar-refractivity contribution in [2.24, 2.45) is 5.92 Å². The van der Waals surface area contributed by atoms with Crippen LogP contribution in [0.2, 0.25) is 0 Å². The molecular weight excluding hydrogens is 371 g/mol. The number of aryl methyl sites for hydroxylation is 1. The third-order valence-electron chi connectivity index (χ3n) is 4.38. The van der Waals surface area contributed by atoms with Crippen LogP contribution in [0.1, 0.15) is 29.5 Å². The smallest absolute Gasteiger partial charge is 0.229 e. The van der Waals surface area contributed by atoms with Crippen molar-refractivity contribution in [2.45, 2.75) is 33.4 Å². The highest BCUT2D eigenvalue weighted by Gasteiger charge is 2.36. The van der Waals surface area contributed by atoms with Crippen LogP contribution in [0.4, 0.5) is 9.52 Å². The van der Waals surface area contributed by atoms with Gasteiger partial charge in [0.2, 0.25) is 16.9 Å². The highest BCUT2D eigenvalue weighted by atomic mass is 32.1. The Hall–Kier alpha value is -2.39. The van der Waals surface area contributed by atoms with Gasteiger partial charge in [-0.05, 0) is 37.1 Å². The number of ether oxygens (including phenoxy) is 1. The van der Waals surface area contributed by atoms with Crippen LogP contribution in [0.25, 0.3) is 0 Å². The molecule has 0 radical (unpaired) electrons. The summed E-state index contributed by atoms with van der Waals surface area (Å²) in [5, 5.41) is 12.0. The molecule has 1 saturated heterocycles.